The van der Waals surface area contributed by atoms with Crippen LogP contribution in [0.15, 0.2) is 0 Å². The van der Waals surface area contributed by atoms with Crippen LogP contribution in [0.5, 0.6) is 0 Å². The van der Waals surface area contributed by atoms with Crippen LogP contribution in [0.1, 0.15) is 27.7 Å². The van der Waals surface area contributed by atoms with E-state index in [4.69, 9.17) is 5.73 Å². The van der Waals surface area contributed by atoms with E-state index in [1.807, 2.05) is 0 Å². The zero-order valence-electron chi connectivity index (χ0n) is 7.79. The maximum atomic E-state index is 10.6. The first-order valence-corrected chi connectivity index (χ1v) is 3.99. The smallest absolute Gasteiger partial charge is 0.231 e. The second-order valence-electron chi connectivity index (χ2n) is 3.33. The van der Waals surface area contributed by atoms with Gasteiger partial charge in [-0.1, -0.05) is 0 Å². The number of hydrogen-bond donors (Lipinski definition) is 1. The number of primary amides is 1. The van der Waals surface area contributed by atoms with Gasteiger partial charge in [-0.05, 0) is 27.7 Å². The predicted octanol–water partition coefficient (Wildman–Crippen LogP) is 0.591. The van der Waals surface area contributed by atoms with Crippen molar-refractivity contribution in [2.24, 2.45) is 5.73 Å². The summed E-state index contributed by atoms with van der Waals surface area (Å²) in [5.74, 6) is -0.257. The summed E-state index contributed by atoms with van der Waals surface area (Å²) in [6.45, 7) is 8.59. The van der Waals surface area contributed by atoms with Gasteiger partial charge in [0.05, 0.1) is 6.54 Å². The van der Waals surface area contributed by atoms with E-state index < -0.39 is 0 Å². The van der Waals surface area contributed by atoms with Gasteiger partial charge in [0.15, 0.2) is 0 Å². The maximum Gasteiger partial charge on any atom is 0.231 e. The Morgan fingerprint density at radius 2 is 1.64 bits per heavy atom. The average Bonchev–Trinajstić information content (AvgIpc) is 1.81. The molecule has 0 saturated carbocycles. The van der Waals surface area contributed by atoms with E-state index in [-0.39, 0.29) is 5.91 Å². The number of amides is 1. The summed E-state index contributed by atoms with van der Waals surface area (Å²) in [4.78, 5) is 12.7. The van der Waals surface area contributed by atoms with E-state index in [0.717, 1.165) is 0 Å². The van der Waals surface area contributed by atoms with E-state index in [1.54, 1.807) is 0 Å². The van der Waals surface area contributed by atoms with Crippen molar-refractivity contribution in [1.82, 2.24) is 4.90 Å². The highest BCUT2D eigenvalue weighted by Crippen LogP contribution is 2.02. The summed E-state index contributed by atoms with van der Waals surface area (Å²) in [7, 11) is 0. The zero-order valence-corrected chi connectivity index (χ0v) is 7.79. The number of carbonyl (C=O) groups excluding carboxylic acids is 1. The van der Waals surface area contributed by atoms with Crippen LogP contribution in [0.25, 0.3) is 0 Å². The van der Waals surface area contributed by atoms with Gasteiger partial charge in [0.25, 0.3) is 0 Å². The second-order valence-corrected chi connectivity index (χ2v) is 3.33. The van der Waals surface area contributed by atoms with Crippen molar-refractivity contribution in [1.29, 1.82) is 0 Å². The van der Waals surface area contributed by atoms with E-state index >= 15 is 0 Å². The van der Waals surface area contributed by atoms with Crippen molar-refractivity contribution < 1.29 is 4.79 Å². The van der Waals surface area contributed by atoms with Crippen molar-refractivity contribution in [3.63, 3.8) is 0 Å². The Balaban J connectivity index is 4.00. The molecule has 0 fully saturated rings. The molecule has 0 atom stereocenters. The van der Waals surface area contributed by atoms with E-state index in [1.165, 1.54) is 0 Å². The minimum atomic E-state index is -0.257. The molecule has 0 aliphatic carbocycles. The van der Waals surface area contributed by atoms with Crippen molar-refractivity contribution in [2.75, 3.05) is 6.54 Å². The molecule has 3 heteroatoms. The Morgan fingerprint density at radius 3 is 1.73 bits per heavy atom. The maximum absolute atomic E-state index is 10.6. The van der Waals surface area contributed by atoms with Crippen LogP contribution < -0.4 is 5.73 Å². The molecule has 0 spiro atoms. The number of carbonyl (C=O) groups is 1. The van der Waals surface area contributed by atoms with Gasteiger partial charge in [-0.25, -0.2) is 0 Å². The van der Waals surface area contributed by atoms with E-state index in [9.17, 15) is 4.79 Å². The highest BCUT2D eigenvalue weighted by molar-refractivity contribution is 5.75. The SMILES string of the molecule is CC(C)N(CC(N)=O)C(C)C. The Kier molecular flexibility index (Phi) is 4.11. The molecule has 0 aromatic rings. The molecule has 0 aliphatic rings. The first-order valence-electron chi connectivity index (χ1n) is 3.99. The third-order valence-electron chi connectivity index (χ3n) is 1.66. The lowest BCUT2D eigenvalue weighted by atomic mass is 10.2. The molecule has 1 amide bonds. The average molecular weight is 158 g/mol. The van der Waals surface area contributed by atoms with Gasteiger partial charge in [0.1, 0.15) is 0 Å². The fourth-order valence-corrected chi connectivity index (χ4v) is 1.14. The zero-order chi connectivity index (χ0) is 9.02. The quantitative estimate of drug-likeness (QED) is 0.651. The van der Waals surface area contributed by atoms with Gasteiger partial charge in [-0.2, -0.15) is 0 Å². The second kappa shape index (κ2) is 4.34. The largest absolute Gasteiger partial charge is 0.369 e. The fraction of sp³-hybridized carbons (Fsp3) is 0.875. The molecule has 0 aromatic carbocycles. The molecule has 0 saturated heterocycles. The fourth-order valence-electron chi connectivity index (χ4n) is 1.14. The normalized spacial score (nSPS) is 11.5. The van der Waals surface area contributed by atoms with Crippen molar-refractivity contribution in [3.05, 3.63) is 0 Å². The van der Waals surface area contributed by atoms with Crippen molar-refractivity contribution >= 4 is 5.91 Å². The summed E-state index contributed by atoms with van der Waals surface area (Å²) in [6.07, 6.45) is 0. The third-order valence-corrected chi connectivity index (χ3v) is 1.66. The van der Waals surface area contributed by atoms with Crippen LogP contribution in [0.3, 0.4) is 0 Å². The highest BCUT2D eigenvalue weighted by Gasteiger charge is 2.14. The van der Waals surface area contributed by atoms with E-state index in [0.29, 0.717) is 18.6 Å². The summed E-state index contributed by atoms with van der Waals surface area (Å²) < 4.78 is 0. The van der Waals surface area contributed by atoms with Crippen LogP contribution >= 0.6 is 0 Å². The Morgan fingerprint density at radius 1 is 1.27 bits per heavy atom. The number of hydrogen-bond acceptors (Lipinski definition) is 2. The molecular weight excluding hydrogens is 140 g/mol. The molecule has 0 heterocycles. The first-order chi connectivity index (χ1) is 4.95. The highest BCUT2D eigenvalue weighted by atomic mass is 16.1. The molecule has 0 rings (SSSR count). The number of nitrogens with zero attached hydrogens (tertiary/aromatic N) is 1. The van der Waals surface area contributed by atoms with Crippen LogP contribution in [0, 0.1) is 0 Å². The van der Waals surface area contributed by atoms with Crippen LogP contribution in [0.4, 0.5) is 0 Å². The van der Waals surface area contributed by atoms with Gasteiger partial charge >= 0.3 is 0 Å². The summed E-state index contributed by atoms with van der Waals surface area (Å²) >= 11 is 0. The molecule has 11 heavy (non-hydrogen) atoms. The minimum Gasteiger partial charge on any atom is -0.369 e. The van der Waals surface area contributed by atoms with Crippen molar-refractivity contribution in [2.45, 2.75) is 39.8 Å². The summed E-state index contributed by atoms with van der Waals surface area (Å²) in [5, 5.41) is 0. The molecule has 2 N–H and O–H groups in total. The third kappa shape index (κ3) is 3.98. The van der Waals surface area contributed by atoms with Gasteiger partial charge in [-0.3, -0.25) is 9.69 Å². The topological polar surface area (TPSA) is 46.3 Å². The van der Waals surface area contributed by atoms with Crippen molar-refractivity contribution in [3.8, 4) is 0 Å². The Hall–Kier alpha value is -0.570. The minimum absolute atomic E-state index is 0.257. The van der Waals surface area contributed by atoms with Gasteiger partial charge < -0.3 is 5.73 Å². The number of rotatable bonds is 4. The summed E-state index contributed by atoms with van der Waals surface area (Å²) in [5.41, 5.74) is 5.09. The van der Waals surface area contributed by atoms with Gasteiger partial charge in [0, 0.05) is 12.1 Å². The number of nitrogens with two attached hydrogens (primary N) is 1. The lowest BCUT2D eigenvalue weighted by molar-refractivity contribution is -0.120. The van der Waals surface area contributed by atoms with E-state index in [2.05, 4.69) is 32.6 Å². The Labute approximate surface area is 68.6 Å². The molecule has 0 unspecified atom stereocenters. The first kappa shape index (κ1) is 10.4. The molecule has 3 nitrogen and oxygen atoms in total. The molecule has 0 aromatic heterocycles. The molecule has 0 aliphatic heterocycles. The monoisotopic (exact) mass is 158 g/mol. The lowest BCUT2D eigenvalue weighted by Gasteiger charge is -2.28. The van der Waals surface area contributed by atoms with Gasteiger partial charge in [-0.15, -0.1) is 0 Å². The Bertz CT molecular complexity index is 124. The van der Waals surface area contributed by atoms with Gasteiger partial charge in [0.2, 0.25) is 5.91 Å². The molecular formula is C8H18N2O. The predicted molar refractivity (Wildman–Crippen MR) is 46.2 cm³/mol. The molecule has 0 bridgehead atoms. The van der Waals surface area contributed by atoms with Crippen LogP contribution in [-0.2, 0) is 4.79 Å². The standard InChI is InChI=1S/C8H18N2O/c1-6(2)10(7(3)4)5-8(9)11/h6-7H,5H2,1-4H3,(H2,9,11). The molecule has 0 radical (unpaired) electrons. The molecule has 66 valence electrons. The lowest BCUT2D eigenvalue weighted by Crippen LogP contribution is -2.42. The summed E-state index contributed by atoms with van der Waals surface area (Å²) in [6, 6.07) is 0.755. The van der Waals surface area contributed by atoms with Crippen LogP contribution in [-0.4, -0.2) is 29.4 Å². The van der Waals surface area contributed by atoms with Crippen LogP contribution in [0.2, 0.25) is 0 Å².